The topological polar surface area (TPSA) is 63.5 Å². The van der Waals surface area contributed by atoms with Crippen LogP contribution in [0.25, 0.3) is 11.0 Å². The Morgan fingerprint density at radius 2 is 1.82 bits per heavy atom. The van der Waals surface area contributed by atoms with Crippen LogP contribution >= 0.6 is 0 Å². The van der Waals surface area contributed by atoms with Crippen molar-refractivity contribution in [2.45, 2.75) is 38.6 Å². The highest BCUT2D eigenvalue weighted by Gasteiger charge is 2.20. The molecule has 7 nitrogen and oxygen atoms in total. The summed E-state index contributed by atoms with van der Waals surface area (Å²) in [7, 11) is 4.06. The van der Waals surface area contributed by atoms with Gasteiger partial charge in [0.2, 0.25) is 0 Å². The van der Waals surface area contributed by atoms with Crippen LogP contribution < -0.4 is 4.74 Å². The summed E-state index contributed by atoms with van der Waals surface area (Å²) in [6, 6.07) is 19.0. The molecule has 4 aromatic rings. The van der Waals surface area contributed by atoms with E-state index in [4.69, 9.17) is 4.74 Å². The molecule has 0 radical (unpaired) electrons. The molecule has 2 aromatic heterocycles. The van der Waals surface area contributed by atoms with E-state index in [0.29, 0.717) is 31.2 Å². The quantitative estimate of drug-likeness (QED) is 0.370. The second kappa shape index (κ2) is 11.8. The lowest BCUT2D eigenvalue weighted by molar-refractivity contribution is 0.0724. The van der Waals surface area contributed by atoms with E-state index >= 15 is 0 Å². The van der Waals surface area contributed by atoms with Crippen molar-refractivity contribution in [3.8, 4) is 5.75 Å². The first-order valence-electron chi connectivity index (χ1n) is 13.5. The largest absolute Gasteiger partial charge is 0.491 e. The molecule has 0 N–H and O–H groups in total. The first kappa shape index (κ1) is 25.9. The minimum Gasteiger partial charge on any atom is -0.491 e. The molecule has 38 heavy (non-hydrogen) atoms. The van der Waals surface area contributed by atoms with E-state index in [0.717, 1.165) is 49.1 Å². The molecule has 5 rings (SSSR count). The number of carbonyl (C=O) groups is 1. The van der Waals surface area contributed by atoms with Crippen LogP contribution in [-0.4, -0.2) is 63.8 Å². The van der Waals surface area contributed by atoms with E-state index in [2.05, 4.69) is 77.5 Å². The van der Waals surface area contributed by atoms with Crippen LogP contribution in [0.3, 0.4) is 0 Å². The number of hydrogen-bond acceptors (Lipinski definition) is 5. The van der Waals surface area contributed by atoms with Gasteiger partial charge in [0.25, 0.3) is 5.91 Å². The summed E-state index contributed by atoms with van der Waals surface area (Å²) < 4.78 is 8.02. The zero-order valence-electron chi connectivity index (χ0n) is 22.6. The first-order valence-corrected chi connectivity index (χ1v) is 13.5. The van der Waals surface area contributed by atoms with E-state index < -0.39 is 0 Å². The Morgan fingerprint density at radius 3 is 2.66 bits per heavy atom. The Balaban J connectivity index is 1.41. The molecule has 0 aliphatic carbocycles. The average Bonchev–Trinajstić information content (AvgIpc) is 3.30. The van der Waals surface area contributed by atoms with Crippen molar-refractivity contribution < 1.29 is 9.53 Å². The highest BCUT2D eigenvalue weighted by atomic mass is 16.5. The number of benzene rings is 2. The summed E-state index contributed by atoms with van der Waals surface area (Å²) in [4.78, 5) is 22.5. The van der Waals surface area contributed by atoms with Crippen molar-refractivity contribution >= 4 is 16.9 Å². The molecule has 0 spiro atoms. The average molecular weight is 512 g/mol. The lowest BCUT2D eigenvalue weighted by Crippen LogP contribution is -2.36. The maximum absolute atomic E-state index is 13.7. The Labute approximate surface area is 225 Å². The number of pyridine rings is 1. The molecule has 0 bridgehead atoms. The molecule has 2 aromatic carbocycles. The van der Waals surface area contributed by atoms with E-state index in [9.17, 15) is 4.79 Å². The van der Waals surface area contributed by atoms with Crippen molar-refractivity contribution in [3.63, 3.8) is 0 Å². The maximum Gasteiger partial charge on any atom is 0.255 e. The molecule has 0 fully saturated rings. The Morgan fingerprint density at radius 1 is 0.974 bits per heavy atom. The molecular weight excluding hydrogens is 474 g/mol. The Bertz CT molecular complexity index is 1380. The van der Waals surface area contributed by atoms with Gasteiger partial charge in [-0.25, -0.2) is 0 Å². The number of nitrogens with zero attached hydrogens (tertiary/aromatic N) is 5. The van der Waals surface area contributed by atoms with Crippen molar-refractivity contribution in [1.82, 2.24) is 24.6 Å². The Hall–Kier alpha value is -3.71. The van der Waals surface area contributed by atoms with Gasteiger partial charge in [0.05, 0.1) is 23.8 Å². The Kier molecular flexibility index (Phi) is 8.03. The van der Waals surface area contributed by atoms with Crippen LogP contribution in [0.15, 0.2) is 67.0 Å². The summed E-state index contributed by atoms with van der Waals surface area (Å²) in [5.41, 5.74) is 6.00. The summed E-state index contributed by atoms with van der Waals surface area (Å²) in [5.74, 6) is 1.32. The lowest BCUT2D eigenvalue weighted by atomic mass is 9.91. The highest BCUT2D eigenvalue weighted by molar-refractivity contribution is 5.96. The minimum absolute atomic E-state index is 0.0172. The molecule has 3 heterocycles. The minimum atomic E-state index is -0.0172. The van der Waals surface area contributed by atoms with Gasteiger partial charge in [0.1, 0.15) is 17.9 Å². The number of ether oxygens (including phenoxy) is 1. The van der Waals surface area contributed by atoms with E-state index in [1.165, 1.54) is 16.7 Å². The number of aromatic nitrogens is 3. The standard InChI is InChI=1S/C31H37N5O2/c1-23-11-12-30-27(18-23)22-34(2)15-13-25(24-8-5-4-6-9-24)10-7-14-36(16-17-38-30)31(37)26-19-29-28(32-20-26)21-33-35(29)3/h4-6,8-9,11-12,18-21,25H,7,10,13-17,22H2,1-3H3. The third kappa shape index (κ3) is 6.05. The SMILES string of the molecule is Cc1ccc2c(c1)CN(C)CCC(c1ccccc1)CCCN(C(=O)c1cnc3cnn(C)c3c1)CCO2. The molecule has 1 aliphatic rings. The monoisotopic (exact) mass is 511 g/mol. The van der Waals surface area contributed by atoms with E-state index in [1.807, 2.05) is 18.0 Å². The molecule has 0 saturated carbocycles. The molecule has 1 aliphatic heterocycles. The van der Waals surface area contributed by atoms with Gasteiger partial charge in [-0.05, 0) is 63.4 Å². The van der Waals surface area contributed by atoms with Gasteiger partial charge in [0.15, 0.2) is 0 Å². The van der Waals surface area contributed by atoms with Gasteiger partial charge in [-0.15, -0.1) is 0 Å². The van der Waals surface area contributed by atoms with Crippen LogP contribution in [0.5, 0.6) is 5.75 Å². The van der Waals surface area contributed by atoms with Gasteiger partial charge >= 0.3 is 0 Å². The highest BCUT2D eigenvalue weighted by Crippen LogP contribution is 2.27. The van der Waals surface area contributed by atoms with Crippen LogP contribution in [0, 0.1) is 6.92 Å². The molecule has 1 unspecified atom stereocenters. The molecule has 0 saturated heterocycles. The van der Waals surface area contributed by atoms with Crippen molar-refractivity contribution in [2.24, 2.45) is 7.05 Å². The maximum atomic E-state index is 13.7. The zero-order chi connectivity index (χ0) is 26.5. The van der Waals surface area contributed by atoms with Crippen molar-refractivity contribution in [1.29, 1.82) is 0 Å². The van der Waals surface area contributed by atoms with Crippen molar-refractivity contribution in [3.05, 3.63) is 89.2 Å². The predicted molar refractivity (Wildman–Crippen MR) is 150 cm³/mol. The predicted octanol–water partition coefficient (Wildman–Crippen LogP) is 5.20. The number of carbonyl (C=O) groups excluding carboxylic acids is 1. The molecular formula is C31H37N5O2. The van der Waals surface area contributed by atoms with Crippen molar-refractivity contribution in [2.75, 3.05) is 33.3 Å². The van der Waals surface area contributed by atoms with Crippen LogP contribution in [-0.2, 0) is 13.6 Å². The second-order valence-electron chi connectivity index (χ2n) is 10.4. The van der Waals surface area contributed by atoms with Crippen LogP contribution in [0.2, 0.25) is 0 Å². The van der Waals surface area contributed by atoms with E-state index in [1.54, 1.807) is 17.1 Å². The summed E-state index contributed by atoms with van der Waals surface area (Å²) in [6.07, 6.45) is 6.40. The van der Waals surface area contributed by atoms with E-state index in [-0.39, 0.29) is 5.91 Å². The smallest absolute Gasteiger partial charge is 0.255 e. The first-order chi connectivity index (χ1) is 18.5. The summed E-state index contributed by atoms with van der Waals surface area (Å²) in [6.45, 7) is 5.57. The van der Waals surface area contributed by atoms with Crippen LogP contribution in [0.1, 0.15) is 52.2 Å². The zero-order valence-corrected chi connectivity index (χ0v) is 22.6. The normalized spacial score (nSPS) is 18.0. The summed E-state index contributed by atoms with van der Waals surface area (Å²) in [5, 5.41) is 4.27. The molecule has 1 atom stereocenters. The number of amides is 1. The van der Waals surface area contributed by atoms with Gasteiger partial charge in [0, 0.05) is 31.9 Å². The summed E-state index contributed by atoms with van der Waals surface area (Å²) >= 11 is 0. The fourth-order valence-electron chi connectivity index (χ4n) is 5.36. The molecule has 1 amide bonds. The second-order valence-corrected chi connectivity index (χ2v) is 10.4. The number of hydrogen-bond donors (Lipinski definition) is 0. The fourth-order valence-corrected chi connectivity index (χ4v) is 5.36. The third-order valence-corrected chi connectivity index (χ3v) is 7.52. The number of rotatable bonds is 2. The molecule has 198 valence electrons. The fraction of sp³-hybridized carbons (Fsp3) is 0.387. The number of aryl methyl sites for hydroxylation is 2. The van der Waals surface area contributed by atoms with Gasteiger partial charge < -0.3 is 14.5 Å². The van der Waals surface area contributed by atoms with Gasteiger partial charge in [-0.1, -0.05) is 48.0 Å². The van der Waals surface area contributed by atoms with Gasteiger partial charge in [-0.2, -0.15) is 5.10 Å². The lowest BCUT2D eigenvalue weighted by Gasteiger charge is -2.27. The number of fused-ring (bicyclic) bond motifs is 2. The van der Waals surface area contributed by atoms with Gasteiger partial charge in [-0.3, -0.25) is 14.5 Å². The third-order valence-electron chi connectivity index (χ3n) is 7.52. The molecule has 7 heteroatoms. The van der Waals surface area contributed by atoms with Crippen LogP contribution in [0.4, 0.5) is 0 Å².